The number of carboxylic acids is 2. The van der Waals surface area contributed by atoms with Gasteiger partial charge in [-0.15, -0.1) is 0 Å². The number of hydrogen-bond acceptors (Lipinski definition) is 2. The van der Waals surface area contributed by atoms with Crippen LogP contribution in [-0.2, 0) is 15.0 Å². The molecule has 0 heterocycles. The van der Waals surface area contributed by atoms with E-state index in [0.717, 1.165) is 0 Å². The van der Waals surface area contributed by atoms with Gasteiger partial charge < -0.3 is 10.2 Å². The van der Waals surface area contributed by atoms with E-state index in [1.54, 1.807) is 0 Å². The van der Waals surface area contributed by atoms with Crippen molar-refractivity contribution in [2.24, 2.45) is 5.41 Å². The van der Waals surface area contributed by atoms with Gasteiger partial charge in [0.1, 0.15) is 11.2 Å². The van der Waals surface area contributed by atoms with Gasteiger partial charge in [0.2, 0.25) is 0 Å². The molecular weight excluding hydrogens is 343 g/mol. The Morgan fingerprint density at radius 1 is 1.29 bits per heavy atom. The Labute approximate surface area is 129 Å². The summed E-state index contributed by atoms with van der Waals surface area (Å²) in [6, 6.07) is 5.55. The fraction of sp³-hybridized carbons (Fsp3) is 0.333. The second-order valence-electron chi connectivity index (χ2n) is 5.42. The average molecular weight is 357 g/mol. The number of hydrogen-bond donors (Lipinski definition) is 2. The van der Waals surface area contributed by atoms with Gasteiger partial charge in [-0.05, 0) is 19.4 Å². The van der Waals surface area contributed by atoms with Gasteiger partial charge >= 0.3 is 11.9 Å². The van der Waals surface area contributed by atoms with Crippen LogP contribution >= 0.6 is 15.9 Å². The highest BCUT2D eigenvalue weighted by atomic mass is 79.9. The molecule has 2 rings (SSSR count). The molecule has 0 bridgehead atoms. The van der Waals surface area contributed by atoms with Crippen molar-refractivity contribution in [2.45, 2.75) is 23.6 Å². The minimum absolute atomic E-state index is 0.0272. The zero-order chi connectivity index (χ0) is 15.8. The lowest BCUT2D eigenvalue weighted by atomic mass is 9.63. The average Bonchev–Trinajstić information content (AvgIpc) is 2.42. The van der Waals surface area contributed by atoms with Crippen LogP contribution in [-0.4, -0.2) is 27.0 Å². The molecule has 112 valence electrons. The first kappa shape index (κ1) is 15.7. The number of rotatable bonds is 3. The Morgan fingerprint density at radius 2 is 1.90 bits per heavy atom. The fourth-order valence-corrected chi connectivity index (χ4v) is 3.17. The van der Waals surface area contributed by atoms with Crippen molar-refractivity contribution in [3.63, 3.8) is 0 Å². The minimum atomic E-state index is -1.69. The topological polar surface area (TPSA) is 74.6 Å². The van der Waals surface area contributed by atoms with Crippen molar-refractivity contribution in [2.75, 3.05) is 0 Å². The quantitative estimate of drug-likeness (QED) is 0.644. The standard InChI is InChI=1S/C15H14BrFO4/c1-14(12(18)19)8-15(13(20)21,7-6-11(14)16)9-4-2-3-5-10(9)17/h2-7,11H,8H2,1H3,(H,18,19)(H,20,21). The fourth-order valence-electron chi connectivity index (χ4n) is 2.66. The smallest absolute Gasteiger partial charge is 0.318 e. The van der Waals surface area contributed by atoms with Crippen LogP contribution in [0.1, 0.15) is 18.9 Å². The van der Waals surface area contributed by atoms with E-state index in [9.17, 15) is 24.2 Å². The third kappa shape index (κ3) is 2.37. The second kappa shape index (κ2) is 5.26. The first-order valence-corrected chi connectivity index (χ1v) is 7.21. The zero-order valence-electron chi connectivity index (χ0n) is 11.2. The molecule has 1 aliphatic rings. The monoisotopic (exact) mass is 356 g/mol. The van der Waals surface area contributed by atoms with Gasteiger partial charge in [0.25, 0.3) is 0 Å². The Morgan fingerprint density at radius 3 is 2.43 bits per heavy atom. The van der Waals surface area contributed by atoms with Gasteiger partial charge in [0, 0.05) is 10.4 Å². The van der Waals surface area contributed by atoms with Crippen molar-refractivity contribution >= 4 is 27.9 Å². The summed E-state index contributed by atoms with van der Waals surface area (Å²) in [6.45, 7) is 1.46. The van der Waals surface area contributed by atoms with E-state index in [1.165, 1.54) is 43.3 Å². The number of carbonyl (C=O) groups is 2. The van der Waals surface area contributed by atoms with Crippen molar-refractivity contribution in [3.8, 4) is 0 Å². The van der Waals surface area contributed by atoms with Crippen LogP contribution in [0.2, 0.25) is 0 Å². The normalized spacial score (nSPS) is 31.9. The molecule has 21 heavy (non-hydrogen) atoms. The molecule has 3 atom stereocenters. The molecule has 1 aliphatic carbocycles. The van der Waals surface area contributed by atoms with Gasteiger partial charge in [-0.2, -0.15) is 0 Å². The highest BCUT2D eigenvalue weighted by Crippen LogP contribution is 2.47. The zero-order valence-corrected chi connectivity index (χ0v) is 12.8. The van der Waals surface area contributed by atoms with Crippen LogP contribution < -0.4 is 0 Å². The lowest BCUT2D eigenvalue weighted by Gasteiger charge is -2.41. The molecule has 1 aromatic carbocycles. The number of benzene rings is 1. The van der Waals surface area contributed by atoms with Crippen molar-refractivity contribution in [1.82, 2.24) is 0 Å². The van der Waals surface area contributed by atoms with Crippen LogP contribution in [0.3, 0.4) is 0 Å². The third-order valence-electron chi connectivity index (χ3n) is 4.03. The predicted molar refractivity (Wildman–Crippen MR) is 77.9 cm³/mol. The van der Waals surface area contributed by atoms with Crippen LogP contribution in [0.5, 0.6) is 0 Å². The largest absolute Gasteiger partial charge is 0.481 e. The maximum absolute atomic E-state index is 14.1. The molecule has 0 aliphatic heterocycles. The Kier molecular flexibility index (Phi) is 3.93. The summed E-state index contributed by atoms with van der Waals surface area (Å²) >= 11 is 3.25. The molecule has 0 aromatic heterocycles. The van der Waals surface area contributed by atoms with Crippen molar-refractivity contribution < 1.29 is 24.2 Å². The summed E-state index contributed by atoms with van der Waals surface area (Å²) in [6.07, 6.45) is 2.61. The lowest BCUT2D eigenvalue weighted by molar-refractivity contribution is -0.151. The van der Waals surface area contributed by atoms with Gasteiger partial charge in [-0.1, -0.05) is 46.3 Å². The summed E-state index contributed by atoms with van der Waals surface area (Å²) in [7, 11) is 0. The van der Waals surface area contributed by atoms with Gasteiger partial charge in [0.05, 0.1) is 5.41 Å². The molecule has 0 saturated carbocycles. The Bertz CT molecular complexity index is 630. The summed E-state index contributed by atoms with van der Waals surface area (Å²) in [5, 5.41) is 19.1. The molecular formula is C15H14BrFO4. The number of alkyl halides is 1. The highest BCUT2D eigenvalue weighted by molar-refractivity contribution is 9.09. The molecule has 0 saturated heterocycles. The molecule has 0 amide bonds. The number of aliphatic carboxylic acids is 2. The van der Waals surface area contributed by atoms with Gasteiger partial charge in [-0.3, -0.25) is 9.59 Å². The van der Waals surface area contributed by atoms with E-state index in [1.807, 2.05) is 0 Å². The van der Waals surface area contributed by atoms with E-state index in [4.69, 9.17) is 0 Å². The summed E-state index contributed by atoms with van der Waals surface area (Å²) in [5.41, 5.74) is -3.07. The van der Waals surface area contributed by atoms with Gasteiger partial charge in [-0.25, -0.2) is 4.39 Å². The highest BCUT2D eigenvalue weighted by Gasteiger charge is 2.53. The SMILES string of the molecule is CC1(C(=O)O)CC(C(=O)O)(c2ccccc2F)C=CC1Br. The first-order chi connectivity index (χ1) is 9.74. The molecule has 3 unspecified atom stereocenters. The van der Waals surface area contributed by atoms with Crippen molar-refractivity contribution in [1.29, 1.82) is 0 Å². The lowest BCUT2D eigenvalue weighted by Crippen LogP contribution is -2.49. The minimum Gasteiger partial charge on any atom is -0.481 e. The number of halogens is 2. The Hall–Kier alpha value is -1.69. The third-order valence-corrected chi connectivity index (χ3v) is 5.34. The summed E-state index contributed by atoms with van der Waals surface area (Å²) in [5.74, 6) is -3.06. The number of carboxylic acid groups (broad SMARTS) is 2. The molecule has 2 N–H and O–H groups in total. The van der Waals surface area contributed by atoms with Crippen LogP contribution in [0.25, 0.3) is 0 Å². The molecule has 0 radical (unpaired) electrons. The van der Waals surface area contributed by atoms with Crippen LogP contribution in [0.4, 0.5) is 4.39 Å². The van der Waals surface area contributed by atoms with E-state index < -0.39 is 33.4 Å². The van der Waals surface area contributed by atoms with E-state index in [0.29, 0.717) is 0 Å². The molecule has 1 aromatic rings. The summed E-state index contributed by atoms with van der Waals surface area (Å²) < 4.78 is 14.1. The molecule has 0 spiro atoms. The number of allylic oxidation sites excluding steroid dienone is 1. The summed E-state index contributed by atoms with van der Waals surface area (Å²) in [4.78, 5) is 22.9. The van der Waals surface area contributed by atoms with E-state index in [-0.39, 0.29) is 12.0 Å². The van der Waals surface area contributed by atoms with Crippen molar-refractivity contribution in [3.05, 3.63) is 47.8 Å². The predicted octanol–water partition coefficient (Wildman–Crippen LogP) is 2.96. The molecule has 0 fully saturated rings. The molecule has 4 nitrogen and oxygen atoms in total. The Balaban J connectivity index is 2.66. The second-order valence-corrected chi connectivity index (χ2v) is 6.40. The van der Waals surface area contributed by atoms with Crippen LogP contribution in [0, 0.1) is 11.2 Å². The maximum atomic E-state index is 14.1. The van der Waals surface area contributed by atoms with E-state index in [2.05, 4.69) is 15.9 Å². The first-order valence-electron chi connectivity index (χ1n) is 6.29. The maximum Gasteiger partial charge on any atom is 0.318 e. The van der Waals surface area contributed by atoms with E-state index >= 15 is 0 Å². The molecule has 6 heteroatoms. The van der Waals surface area contributed by atoms with Crippen LogP contribution in [0.15, 0.2) is 36.4 Å². The van der Waals surface area contributed by atoms with Gasteiger partial charge in [0.15, 0.2) is 0 Å².